The van der Waals surface area contributed by atoms with E-state index in [1.807, 2.05) is 16.7 Å². The van der Waals surface area contributed by atoms with Gasteiger partial charge in [-0.1, -0.05) is 33.1 Å². The molecule has 2 aromatic heterocycles. The van der Waals surface area contributed by atoms with E-state index in [0.717, 1.165) is 24.5 Å². The molecule has 2 heterocycles. The molecule has 3 nitrogen and oxygen atoms in total. The summed E-state index contributed by atoms with van der Waals surface area (Å²) in [5, 5.41) is 7.78. The van der Waals surface area contributed by atoms with Gasteiger partial charge in [0.15, 0.2) is 5.13 Å². The Bertz CT molecular complexity index is 618. The van der Waals surface area contributed by atoms with Crippen LogP contribution in [0.15, 0.2) is 16.8 Å². The predicted octanol–water partition coefficient (Wildman–Crippen LogP) is 5.32. The van der Waals surface area contributed by atoms with Crippen molar-refractivity contribution in [3.8, 4) is 0 Å². The van der Waals surface area contributed by atoms with Crippen molar-refractivity contribution in [2.45, 2.75) is 59.3 Å². The molecule has 1 atom stereocenters. The van der Waals surface area contributed by atoms with Gasteiger partial charge in [-0.05, 0) is 42.2 Å². The largest absolute Gasteiger partial charge is 0.302 e. The summed E-state index contributed by atoms with van der Waals surface area (Å²) in [6.07, 6.45) is 7.09. The van der Waals surface area contributed by atoms with Crippen LogP contribution in [0.25, 0.3) is 0 Å². The van der Waals surface area contributed by atoms with Crippen LogP contribution in [0.1, 0.15) is 56.2 Å². The molecular formula is C18H26N2OS2. The molecule has 0 aliphatic heterocycles. The van der Waals surface area contributed by atoms with Crippen molar-refractivity contribution >= 4 is 33.7 Å². The van der Waals surface area contributed by atoms with Gasteiger partial charge < -0.3 is 5.32 Å². The molecule has 0 saturated heterocycles. The van der Waals surface area contributed by atoms with Crippen molar-refractivity contribution in [2.24, 2.45) is 5.92 Å². The molecule has 23 heavy (non-hydrogen) atoms. The van der Waals surface area contributed by atoms with E-state index >= 15 is 0 Å². The molecule has 5 heteroatoms. The van der Waals surface area contributed by atoms with Gasteiger partial charge in [-0.15, -0.1) is 22.7 Å². The number of carbonyl (C=O) groups is 1. The number of anilines is 1. The zero-order chi connectivity index (χ0) is 16.7. The maximum absolute atomic E-state index is 11.0. The predicted molar refractivity (Wildman–Crippen MR) is 101 cm³/mol. The molecular weight excluding hydrogens is 324 g/mol. The monoisotopic (exact) mass is 350 g/mol. The van der Waals surface area contributed by atoms with Crippen LogP contribution in [-0.4, -0.2) is 10.9 Å². The highest BCUT2D eigenvalue weighted by atomic mass is 32.1. The van der Waals surface area contributed by atoms with Crippen molar-refractivity contribution in [1.82, 2.24) is 4.98 Å². The van der Waals surface area contributed by atoms with Crippen LogP contribution in [-0.2, 0) is 24.1 Å². The average molecular weight is 351 g/mol. The maximum Gasteiger partial charge on any atom is 0.223 e. The van der Waals surface area contributed by atoms with Crippen LogP contribution in [0.3, 0.4) is 0 Å². The highest BCUT2D eigenvalue weighted by Gasteiger charge is 2.08. The molecule has 0 radical (unpaired) electrons. The lowest BCUT2D eigenvalue weighted by molar-refractivity contribution is -0.114. The lowest BCUT2D eigenvalue weighted by atomic mass is 9.97. The third kappa shape index (κ3) is 6.43. The zero-order valence-corrected chi connectivity index (χ0v) is 15.9. The summed E-state index contributed by atoms with van der Waals surface area (Å²) >= 11 is 3.35. The minimum Gasteiger partial charge on any atom is -0.302 e. The Kier molecular flexibility index (Phi) is 7.24. The highest BCUT2D eigenvalue weighted by molar-refractivity contribution is 7.14. The molecule has 1 unspecified atom stereocenters. The van der Waals surface area contributed by atoms with Crippen molar-refractivity contribution in [2.75, 3.05) is 5.32 Å². The second-order valence-corrected chi connectivity index (χ2v) is 8.05. The van der Waals surface area contributed by atoms with E-state index in [0.29, 0.717) is 5.13 Å². The number of thiazole rings is 1. The van der Waals surface area contributed by atoms with Gasteiger partial charge in [0.25, 0.3) is 0 Å². The van der Waals surface area contributed by atoms with E-state index < -0.39 is 0 Å². The molecule has 2 aromatic rings. The Hall–Kier alpha value is -1.20. The summed E-state index contributed by atoms with van der Waals surface area (Å²) in [6.45, 7) is 6.12. The van der Waals surface area contributed by atoms with Gasteiger partial charge in [0.2, 0.25) is 5.91 Å². The Morgan fingerprint density at radius 3 is 2.87 bits per heavy atom. The first-order valence-corrected chi connectivity index (χ1v) is 10.1. The van der Waals surface area contributed by atoms with Crippen molar-refractivity contribution in [1.29, 1.82) is 0 Å². The molecule has 0 bridgehead atoms. The summed E-state index contributed by atoms with van der Waals surface area (Å²) in [7, 11) is 0. The summed E-state index contributed by atoms with van der Waals surface area (Å²) in [4.78, 5) is 16.9. The summed E-state index contributed by atoms with van der Waals surface area (Å²) < 4.78 is 0. The number of nitrogens with zero attached hydrogens (tertiary/aromatic N) is 1. The molecule has 0 fully saturated rings. The summed E-state index contributed by atoms with van der Waals surface area (Å²) in [6, 6.07) is 2.36. The number of unbranched alkanes of at least 4 members (excludes halogenated alkanes) is 1. The number of aryl methyl sites for hydroxylation is 2. The van der Waals surface area contributed by atoms with Crippen LogP contribution >= 0.6 is 22.7 Å². The minimum atomic E-state index is -0.0639. The molecule has 0 saturated carbocycles. The van der Waals surface area contributed by atoms with Crippen molar-refractivity contribution in [3.05, 3.63) is 33.0 Å². The molecule has 0 aliphatic rings. The van der Waals surface area contributed by atoms with E-state index in [9.17, 15) is 4.79 Å². The molecule has 0 aliphatic carbocycles. The molecule has 1 amide bonds. The molecule has 0 aromatic carbocycles. The van der Waals surface area contributed by atoms with Gasteiger partial charge in [0.1, 0.15) is 0 Å². The van der Waals surface area contributed by atoms with Crippen LogP contribution in [0.2, 0.25) is 0 Å². The lowest BCUT2D eigenvalue weighted by Crippen LogP contribution is -2.05. The van der Waals surface area contributed by atoms with Gasteiger partial charge >= 0.3 is 0 Å². The first kappa shape index (κ1) is 18.1. The third-order valence-corrected chi connectivity index (χ3v) is 5.66. The summed E-state index contributed by atoms with van der Waals surface area (Å²) in [5.74, 6) is 0.710. The minimum absolute atomic E-state index is 0.0639. The normalized spacial score (nSPS) is 12.3. The van der Waals surface area contributed by atoms with Crippen LogP contribution in [0, 0.1) is 5.92 Å². The van der Waals surface area contributed by atoms with Gasteiger partial charge in [0.05, 0.1) is 5.69 Å². The average Bonchev–Trinajstić information content (AvgIpc) is 3.12. The number of hydrogen-bond acceptors (Lipinski definition) is 4. The van der Waals surface area contributed by atoms with Gasteiger partial charge in [-0.3, -0.25) is 4.79 Å². The van der Waals surface area contributed by atoms with Crippen LogP contribution in [0.5, 0.6) is 0 Å². The topological polar surface area (TPSA) is 42.0 Å². The smallest absolute Gasteiger partial charge is 0.223 e. The van der Waals surface area contributed by atoms with E-state index in [-0.39, 0.29) is 5.91 Å². The van der Waals surface area contributed by atoms with E-state index in [4.69, 9.17) is 0 Å². The van der Waals surface area contributed by atoms with Crippen molar-refractivity contribution < 1.29 is 4.79 Å². The number of rotatable bonds is 9. The SMILES string of the molecule is CCCCC(C)Cc1csc(CCc2csc(NC(C)=O)n2)c1. The summed E-state index contributed by atoms with van der Waals surface area (Å²) in [5.41, 5.74) is 2.54. The number of nitrogens with one attached hydrogen (secondary N) is 1. The fraction of sp³-hybridized carbons (Fsp3) is 0.556. The Morgan fingerprint density at radius 2 is 2.13 bits per heavy atom. The first-order chi connectivity index (χ1) is 11.1. The highest BCUT2D eigenvalue weighted by Crippen LogP contribution is 2.23. The quantitative estimate of drug-likeness (QED) is 0.665. The second-order valence-electron chi connectivity index (χ2n) is 6.20. The number of aromatic nitrogens is 1. The Morgan fingerprint density at radius 1 is 1.30 bits per heavy atom. The van der Waals surface area contributed by atoms with Gasteiger partial charge in [0, 0.05) is 17.2 Å². The van der Waals surface area contributed by atoms with Gasteiger partial charge in [-0.25, -0.2) is 4.98 Å². The van der Waals surface area contributed by atoms with Crippen molar-refractivity contribution in [3.63, 3.8) is 0 Å². The molecule has 2 rings (SSSR count). The Balaban J connectivity index is 1.80. The van der Waals surface area contributed by atoms with E-state index in [2.05, 4.69) is 35.6 Å². The number of thiophene rings is 1. The fourth-order valence-corrected chi connectivity index (χ4v) is 4.30. The van der Waals surface area contributed by atoms with E-state index in [1.54, 1.807) is 0 Å². The number of carbonyl (C=O) groups excluding carboxylic acids is 1. The molecule has 126 valence electrons. The van der Waals surface area contributed by atoms with E-state index in [1.165, 1.54) is 54.4 Å². The maximum atomic E-state index is 11.0. The molecule has 0 spiro atoms. The lowest BCUT2D eigenvalue weighted by Gasteiger charge is -2.08. The van der Waals surface area contributed by atoms with Gasteiger partial charge in [-0.2, -0.15) is 0 Å². The molecule has 1 N–H and O–H groups in total. The standard InChI is InChI=1S/C18H26N2OS2/c1-4-5-6-13(2)9-15-10-17(22-11-15)8-7-16-12-23-18(20-16)19-14(3)21/h10-13H,4-9H2,1-3H3,(H,19,20,21). The second kappa shape index (κ2) is 9.18. The number of hydrogen-bond donors (Lipinski definition) is 1. The zero-order valence-electron chi connectivity index (χ0n) is 14.2. The Labute approximate surface area is 147 Å². The van der Waals surface area contributed by atoms with Crippen LogP contribution in [0.4, 0.5) is 5.13 Å². The first-order valence-electron chi connectivity index (χ1n) is 8.35. The van der Waals surface area contributed by atoms with Crippen LogP contribution < -0.4 is 5.32 Å². The number of amides is 1. The fourth-order valence-electron chi connectivity index (χ4n) is 2.60. The third-order valence-electron chi connectivity index (χ3n) is 3.80.